The lowest BCUT2D eigenvalue weighted by Gasteiger charge is -2.47. The molecule has 15 heteroatoms. The van der Waals surface area contributed by atoms with Gasteiger partial charge in [-0.05, 0) is 107 Å². The van der Waals surface area contributed by atoms with Crippen LogP contribution in [-0.2, 0) is 53.5 Å². The second kappa shape index (κ2) is 25.2. The summed E-state index contributed by atoms with van der Waals surface area (Å²) in [5.74, 6) is -7.34. The number of hydrogen-bond acceptors (Lipinski definition) is 13. The van der Waals surface area contributed by atoms with Gasteiger partial charge in [0.05, 0.1) is 37.1 Å². The number of rotatable bonds is 11. The minimum Gasteiger partial charge on any atom is -0.456 e. The van der Waals surface area contributed by atoms with Gasteiger partial charge in [0.15, 0.2) is 0 Å². The molecule has 15 unspecified atom stereocenters. The van der Waals surface area contributed by atoms with Gasteiger partial charge in [0.25, 0.3) is 11.7 Å². The molecule has 1 aromatic carbocycles. The molecule has 15 atom stereocenters. The zero-order chi connectivity index (χ0) is 49.2. The van der Waals surface area contributed by atoms with Gasteiger partial charge in [-0.2, -0.15) is 0 Å². The fraction of sp³-hybridized carbons (Fsp3) is 0.731. The molecule has 1 amide bonds. The lowest BCUT2D eigenvalue weighted by Crippen LogP contribution is -2.64. The third kappa shape index (κ3) is 13.6. The highest BCUT2D eigenvalue weighted by molar-refractivity contribution is 6.39. The SMILES string of the molecule is CCC1/C=C(\C)CC(C)CC(OC)C2OC(O)(C(=O)C(=O)N3CCCCC3C(=O)OC(C(C)=CC3CCC(OCC(O)c4cccc(CCl)c4)C(OC)C3)C(C)C(O)CC1=O)C(C)CC2OC. The molecule has 67 heavy (non-hydrogen) atoms. The molecule has 376 valence electrons. The summed E-state index contributed by atoms with van der Waals surface area (Å²) in [4.78, 5) is 58.4. The molecule has 0 radical (unpaired) electrons. The largest absolute Gasteiger partial charge is 0.456 e. The van der Waals surface area contributed by atoms with Crippen LogP contribution in [0.15, 0.2) is 47.6 Å². The number of piperidine rings is 1. The van der Waals surface area contributed by atoms with Gasteiger partial charge in [-0.15, -0.1) is 11.6 Å². The number of allylic oxidation sites excluding steroid dienone is 3. The molecule has 3 aliphatic heterocycles. The van der Waals surface area contributed by atoms with Crippen LogP contribution >= 0.6 is 11.6 Å². The first-order valence-corrected chi connectivity index (χ1v) is 25.0. The normalized spacial score (nSPS) is 37.1. The summed E-state index contributed by atoms with van der Waals surface area (Å²) < 4.78 is 36.6. The van der Waals surface area contributed by atoms with Crippen molar-refractivity contribution in [2.75, 3.05) is 34.5 Å². The molecule has 1 saturated carbocycles. The number of cyclic esters (lactones) is 1. The van der Waals surface area contributed by atoms with E-state index >= 15 is 0 Å². The minimum absolute atomic E-state index is 0.0201. The van der Waals surface area contributed by atoms with E-state index in [-0.39, 0.29) is 62.2 Å². The summed E-state index contributed by atoms with van der Waals surface area (Å²) in [6, 6.07) is 6.30. The van der Waals surface area contributed by atoms with Crippen molar-refractivity contribution in [1.82, 2.24) is 4.90 Å². The number of carbonyl (C=O) groups is 4. The van der Waals surface area contributed by atoms with Crippen molar-refractivity contribution in [3.8, 4) is 0 Å². The van der Waals surface area contributed by atoms with Crippen LogP contribution in [0.3, 0.4) is 0 Å². The molecule has 14 nitrogen and oxygen atoms in total. The zero-order valence-electron chi connectivity index (χ0n) is 41.2. The number of amides is 1. The van der Waals surface area contributed by atoms with Gasteiger partial charge < -0.3 is 48.6 Å². The predicted molar refractivity (Wildman–Crippen MR) is 253 cm³/mol. The summed E-state index contributed by atoms with van der Waals surface area (Å²) in [6.45, 7) is 11.3. The molecule has 3 fully saturated rings. The van der Waals surface area contributed by atoms with E-state index in [9.17, 15) is 34.5 Å². The van der Waals surface area contributed by atoms with Gasteiger partial charge in [0, 0.05) is 57.9 Å². The van der Waals surface area contributed by atoms with Crippen molar-refractivity contribution in [2.24, 2.45) is 29.6 Å². The van der Waals surface area contributed by atoms with Crippen LogP contribution in [0.4, 0.5) is 0 Å². The molecule has 2 saturated heterocycles. The van der Waals surface area contributed by atoms with Gasteiger partial charge >= 0.3 is 5.97 Å². The third-order valence-electron chi connectivity index (χ3n) is 14.8. The highest BCUT2D eigenvalue weighted by atomic mass is 35.5. The number of aliphatic hydroxyl groups is 3. The van der Waals surface area contributed by atoms with E-state index in [0.29, 0.717) is 62.8 Å². The number of fused-ring (bicyclic) bond motifs is 3. The van der Waals surface area contributed by atoms with Gasteiger partial charge in [-0.3, -0.25) is 14.4 Å². The number of alkyl halides is 1. The van der Waals surface area contributed by atoms with E-state index < -0.39 is 83.9 Å². The van der Waals surface area contributed by atoms with Crippen LogP contribution in [0.5, 0.6) is 0 Å². The minimum atomic E-state index is -2.52. The molecule has 2 bridgehead atoms. The number of nitrogens with zero attached hydrogens (tertiary/aromatic N) is 1. The van der Waals surface area contributed by atoms with E-state index in [0.717, 1.165) is 16.7 Å². The number of carbonyl (C=O) groups excluding carboxylic acids is 4. The van der Waals surface area contributed by atoms with Crippen molar-refractivity contribution >= 4 is 35.0 Å². The van der Waals surface area contributed by atoms with Gasteiger partial charge in [0.1, 0.15) is 30.1 Å². The van der Waals surface area contributed by atoms with E-state index in [1.165, 1.54) is 19.1 Å². The lowest BCUT2D eigenvalue weighted by atomic mass is 9.81. The molecule has 1 aliphatic carbocycles. The van der Waals surface area contributed by atoms with Crippen LogP contribution in [-0.4, -0.2) is 133 Å². The maximum absolute atomic E-state index is 14.5. The molecule has 3 N–H and O–H groups in total. The van der Waals surface area contributed by atoms with E-state index in [2.05, 4.69) is 6.92 Å². The van der Waals surface area contributed by atoms with Crippen LogP contribution in [0.25, 0.3) is 0 Å². The first-order valence-electron chi connectivity index (χ1n) is 24.4. The van der Waals surface area contributed by atoms with Crippen molar-refractivity contribution in [3.05, 3.63) is 58.7 Å². The fourth-order valence-electron chi connectivity index (χ4n) is 10.8. The Labute approximate surface area is 403 Å². The standard InChI is InChI=1S/C52H78ClNO13/c1-10-37-21-30(2)20-31(3)22-45(63-8)48-46(64-9)24-33(5)52(61,67-48)49(58)50(59)54-19-12-11-16-39(54)51(60)66-47(34(6)40(55)27-41(37)56)32(4)23-35-17-18-43(44(26-35)62-7)65-29-42(57)38-15-13-14-36(25-38)28-53/h13-15,21,23,25,31,33-35,37,39-40,42-48,55,57,61H,10-12,16-20,22,24,26-29H2,1-9H3/b30-21+,32-23?. The maximum atomic E-state index is 14.5. The molecule has 5 rings (SSSR count). The summed E-state index contributed by atoms with van der Waals surface area (Å²) in [5, 5.41) is 34.9. The number of aliphatic hydroxyl groups excluding tert-OH is 2. The molecule has 4 aliphatic rings. The van der Waals surface area contributed by atoms with Crippen LogP contribution in [0, 0.1) is 29.6 Å². The smallest absolute Gasteiger partial charge is 0.329 e. The third-order valence-corrected chi connectivity index (χ3v) is 15.1. The Hall–Kier alpha value is -3.05. The zero-order valence-corrected chi connectivity index (χ0v) is 42.0. The first-order chi connectivity index (χ1) is 31.9. The lowest BCUT2D eigenvalue weighted by molar-refractivity contribution is -0.302. The fourth-order valence-corrected chi connectivity index (χ4v) is 10.9. The van der Waals surface area contributed by atoms with Crippen molar-refractivity contribution in [3.63, 3.8) is 0 Å². The summed E-state index contributed by atoms with van der Waals surface area (Å²) >= 11 is 6.02. The van der Waals surface area contributed by atoms with Crippen LogP contribution < -0.4 is 0 Å². The number of Topliss-reactive ketones (excluding diaryl/α,β-unsaturated/α-hetero) is 2. The Morgan fingerprint density at radius 2 is 1.66 bits per heavy atom. The van der Waals surface area contributed by atoms with Gasteiger partial charge in [-0.25, -0.2) is 4.79 Å². The van der Waals surface area contributed by atoms with Crippen LogP contribution in [0.2, 0.25) is 0 Å². The Balaban J connectivity index is 1.44. The molecular formula is C52H78ClNO13. The van der Waals surface area contributed by atoms with Gasteiger partial charge in [0.2, 0.25) is 5.79 Å². The molecule has 3 heterocycles. The summed E-state index contributed by atoms with van der Waals surface area (Å²) in [6.07, 6.45) is 3.16. The molecule has 0 aromatic heterocycles. The highest BCUT2D eigenvalue weighted by Gasteiger charge is 2.56. The van der Waals surface area contributed by atoms with Gasteiger partial charge in [-0.1, -0.05) is 69.7 Å². The van der Waals surface area contributed by atoms with E-state index in [1.54, 1.807) is 21.0 Å². The van der Waals surface area contributed by atoms with Crippen molar-refractivity contribution in [1.29, 1.82) is 0 Å². The number of halogens is 1. The number of esters is 1. The van der Waals surface area contributed by atoms with E-state index in [4.69, 9.17) is 40.0 Å². The second-order valence-electron chi connectivity index (χ2n) is 19.9. The Morgan fingerprint density at radius 1 is 0.955 bits per heavy atom. The first kappa shape index (κ1) is 54.9. The van der Waals surface area contributed by atoms with Crippen molar-refractivity contribution < 1.29 is 62.9 Å². The second-order valence-corrected chi connectivity index (χ2v) is 20.1. The molecule has 1 aromatic rings. The number of benzene rings is 1. The molecule has 0 spiro atoms. The Bertz CT molecular complexity index is 1890. The van der Waals surface area contributed by atoms with E-state index in [1.807, 2.05) is 57.2 Å². The summed E-state index contributed by atoms with van der Waals surface area (Å²) in [7, 11) is 4.69. The number of ketones is 2. The predicted octanol–water partition coefficient (Wildman–Crippen LogP) is 6.97. The average molecular weight is 961 g/mol. The average Bonchev–Trinajstić information content (AvgIpc) is 3.32. The number of ether oxygens (including phenoxy) is 6. The summed E-state index contributed by atoms with van der Waals surface area (Å²) in [5.41, 5.74) is 3.27. The maximum Gasteiger partial charge on any atom is 0.329 e. The van der Waals surface area contributed by atoms with Crippen LogP contribution in [0.1, 0.15) is 129 Å². The highest BCUT2D eigenvalue weighted by Crippen LogP contribution is 2.39. The Kier molecular flexibility index (Phi) is 20.6. The van der Waals surface area contributed by atoms with Crippen molar-refractivity contribution in [2.45, 2.75) is 179 Å². The molecular weight excluding hydrogens is 882 g/mol. The number of methoxy groups -OCH3 is 3. The quantitative estimate of drug-likeness (QED) is 0.0895. The Morgan fingerprint density at radius 3 is 2.33 bits per heavy atom. The monoisotopic (exact) mass is 960 g/mol. The topological polar surface area (TPSA) is 188 Å². The number of hydrogen-bond donors (Lipinski definition) is 3.